The van der Waals surface area contributed by atoms with E-state index < -0.39 is 83.9 Å². The minimum atomic E-state index is -1.49. The first-order valence-electron chi connectivity index (χ1n) is 26.3. The third-order valence-corrected chi connectivity index (χ3v) is 13.9. The molecular weight excluding hydrogens is 1010 g/mol. The van der Waals surface area contributed by atoms with Crippen LogP contribution in [0.1, 0.15) is 59.5 Å². The summed E-state index contributed by atoms with van der Waals surface area (Å²) in [6.45, 7) is 0.504. The Morgan fingerprint density at radius 3 is 1.87 bits per heavy atom. The van der Waals surface area contributed by atoms with Gasteiger partial charge < -0.3 is 57.7 Å². The highest BCUT2D eigenvalue weighted by molar-refractivity contribution is 5.99. The van der Waals surface area contributed by atoms with Gasteiger partial charge in [0.25, 0.3) is 0 Å². The van der Waals surface area contributed by atoms with E-state index in [0.29, 0.717) is 58.4 Å². The standard InChI is InChI=1S/C58H65N11O10/c59-27-13-12-21-45-52(70)63-46(30-38-23-25-42(26-24-38)78-36-39-16-6-2-7-17-39)53(71)65-48(31-37-14-4-1-5-15-37)57(75)68-35-43(79-58(76)61-29-28-60)33-50(68)55(73)66-51(40-18-8-3-9-19-40)56(74)64-47(54(72)62-45)32-41-34-69(67-77)49-22-11-10-20-44(41)49/h1-11,14-20,22-26,34,43,45-48,50-51H,12-13,21,27-33,35-36,59-60H2,(H,61,76)(H,62,72)(H,63,70)(H,64,74)(H,65,71)(H,66,73)/t43-,45+,46+,47-,48+,50+,51+/m1/s1. The molecule has 0 unspecified atom stereocenters. The topological polar surface area (TPSA) is 300 Å². The minimum Gasteiger partial charge on any atom is -0.489 e. The van der Waals surface area contributed by atoms with Crippen molar-refractivity contribution in [2.75, 3.05) is 26.2 Å². The third kappa shape index (κ3) is 15.0. The maximum absolute atomic E-state index is 15.3. The van der Waals surface area contributed by atoms with Crippen molar-refractivity contribution >= 4 is 52.4 Å². The molecule has 0 bridgehead atoms. The summed E-state index contributed by atoms with van der Waals surface area (Å²) in [7, 11) is 0. The number of para-hydroxylation sites is 1. The highest BCUT2D eigenvalue weighted by Crippen LogP contribution is 2.27. The molecule has 412 valence electrons. The largest absolute Gasteiger partial charge is 0.489 e. The van der Waals surface area contributed by atoms with Gasteiger partial charge in [0.05, 0.1) is 17.3 Å². The van der Waals surface area contributed by atoms with Crippen LogP contribution in [0.25, 0.3) is 10.9 Å². The number of unbranched alkanes of at least 4 members (excludes halogenated alkanes) is 1. The summed E-state index contributed by atoms with van der Waals surface area (Å²) in [6, 6.07) is 32.2. The molecule has 21 nitrogen and oxygen atoms in total. The number of alkyl carbamates (subject to hydrolysis) is 1. The van der Waals surface area contributed by atoms with Crippen LogP contribution in [0.5, 0.6) is 5.75 Å². The van der Waals surface area contributed by atoms with Gasteiger partial charge in [-0.1, -0.05) is 121 Å². The van der Waals surface area contributed by atoms with Gasteiger partial charge in [0, 0.05) is 50.4 Å². The van der Waals surface area contributed by atoms with E-state index in [1.165, 1.54) is 11.1 Å². The molecule has 0 aliphatic carbocycles. The van der Waals surface area contributed by atoms with Gasteiger partial charge in [-0.15, -0.1) is 4.91 Å². The molecule has 0 radical (unpaired) electrons. The van der Waals surface area contributed by atoms with Crippen LogP contribution in [0.4, 0.5) is 4.79 Å². The predicted octanol–water partition coefficient (Wildman–Crippen LogP) is 3.37. The van der Waals surface area contributed by atoms with Crippen LogP contribution in [0.15, 0.2) is 151 Å². The molecule has 0 saturated carbocycles. The van der Waals surface area contributed by atoms with Gasteiger partial charge in [-0.2, -0.15) is 0 Å². The average molecular weight is 1080 g/mol. The number of amides is 7. The lowest BCUT2D eigenvalue weighted by Gasteiger charge is -2.32. The Kier molecular flexibility index (Phi) is 19.5. The van der Waals surface area contributed by atoms with Gasteiger partial charge in [0.15, 0.2) is 0 Å². The first kappa shape index (κ1) is 56.3. The van der Waals surface area contributed by atoms with Crippen LogP contribution in [0, 0.1) is 4.91 Å². The van der Waals surface area contributed by atoms with Gasteiger partial charge >= 0.3 is 6.09 Å². The summed E-state index contributed by atoms with van der Waals surface area (Å²) in [6.07, 6.45) is -0.109. The van der Waals surface area contributed by atoms with Crippen LogP contribution in [0.3, 0.4) is 0 Å². The van der Waals surface area contributed by atoms with Gasteiger partial charge in [-0.05, 0) is 71.8 Å². The first-order valence-corrected chi connectivity index (χ1v) is 26.3. The van der Waals surface area contributed by atoms with Gasteiger partial charge in [0.2, 0.25) is 35.4 Å². The number of carbonyl (C=O) groups is 7. The van der Waals surface area contributed by atoms with E-state index in [-0.39, 0.29) is 58.3 Å². The molecule has 7 atom stereocenters. The van der Waals surface area contributed by atoms with Crippen molar-refractivity contribution in [3.8, 4) is 5.75 Å². The summed E-state index contributed by atoms with van der Waals surface area (Å²) < 4.78 is 12.9. The number of nitrogens with two attached hydrogens (primary N) is 2. The van der Waals surface area contributed by atoms with E-state index in [2.05, 4.69) is 37.2 Å². The second kappa shape index (κ2) is 27.4. The van der Waals surface area contributed by atoms with Crippen LogP contribution < -0.4 is 48.1 Å². The predicted molar refractivity (Wildman–Crippen MR) is 293 cm³/mol. The van der Waals surface area contributed by atoms with E-state index in [9.17, 15) is 28.9 Å². The van der Waals surface area contributed by atoms with Crippen LogP contribution in [-0.2, 0) is 59.4 Å². The summed E-state index contributed by atoms with van der Waals surface area (Å²) in [4.78, 5) is 116. The molecule has 7 amide bonds. The molecule has 2 fully saturated rings. The zero-order valence-electron chi connectivity index (χ0n) is 43.5. The Bertz CT molecular complexity index is 3070. The fourth-order valence-electron chi connectivity index (χ4n) is 9.81. The summed E-state index contributed by atoms with van der Waals surface area (Å²) in [5.41, 5.74) is 14.9. The third-order valence-electron chi connectivity index (χ3n) is 13.9. The summed E-state index contributed by atoms with van der Waals surface area (Å²) in [5, 5.41) is 20.5. The van der Waals surface area contributed by atoms with E-state index in [4.69, 9.17) is 20.9 Å². The Morgan fingerprint density at radius 2 is 1.19 bits per heavy atom. The lowest BCUT2D eigenvalue weighted by molar-refractivity contribution is -0.143. The van der Waals surface area contributed by atoms with E-state index in [0.717, 1.165) is 10.2 Å². The van der Waals surface area contributed by atoms with Gasteiger partial charge in [-0.25, -0.2) is 9.47 Å². The lowest BCUT2D eigenvalue weighted by atomic mass is 9.99. The van der Waals surface area contributed by atoms with Crippen molar-refractivity contribution in [1.82, 2.24) is 41.5 Å². The molecule has 2 aliphatic rings. The van der Waals surface area contributed by atoms with Crippen molar-refractivity contribution in [2.24, 2.45) is 16.8 Å². The number of nitrogens with zero attached hydrogens (tertiary/aromatic N) is 3. The van der Waals surface area contributed by atoms with Crippen molar-refractivity contribution in [1.29, 1.82) is 0 Å². The minimum absolute atomic E-state index is 0.0627. The molecule has 8 rings (SSSR count). The van der Waals surface area contributed by atoms with E-state index in [1.54, 1.807) is 109 Å². The molecule has 2 aliphatic heterocycles. The molecule has 2 saturated heterocycles. The normalized spacial score (nSPS) is 21.3. The molecule has 21 heteroatoms. The number of rotatable bonds is 18. The Balaban J connectivity index is 1.20. The zero-order valence-corrected chi connectivity index (χ0v) is 43.5. The Hall–Kier alpha value is -8.95. The summed E-state index contributed by atoms with van der Waals surface area (Å²) in [5.74, 6) is -4.11. The number of nitroso groups, excluding NO2 is 1. The maximum atomic E-state index is 15.3. The van der Waals surface area contributed by atoms with Crippen molar-refractivity contribution in [3.63, 3.8) is 0 Å². The Morgan fingerprint density at radius 1 is 0.608 bits per heavy atom. The lowest BCUT2D eigenvalue weighted by Crippen LogP contribution is -2.61. The number of carbonyl (C=O) groups excluding carboxylic acids is 7. The molecule has 1 aromatic heterocycles. The monoisotopic (exact) mass is 1080 g/mol. The van der Waals surface area contributed by atoms with Gasteiger partial charge in [0.1, 0.15) is 54.7 Å². The fraction of sp³-hybridized carbons (Fsp3) is 0.328. The van der Waals surface area contributed by atoms with Crippen LogP contribution in [-0.4, -0.2) is 114 Å². The highest BCUT2D eigenvalue weighted by atomic mass is 16.6. The first-order chi connectivity index (χ1) is 38.4. The number of fused-ring (bicyclic) bond motifs is 2. The second-order valence-corrected chi connectivity index (χ2v) is 19.5. The Labute approximate surface area is 456 Å². The fourth-order valence-corrected chi connectivity index (χ4v) is 9.81. The van der Waals surface area contributed by atoms with E-state index >= 15 is 9.59 Å². The molecule has 3 heterocycles. The average Bonchev–Trinajstić information content (AvgIpc) is 4.16. The number of ether oxygens (including phenoxy) is 2. The molecule has 6 aromatic rings. The number of aromatic nitrogens is 1. The molecular formula is C58H65N11O10. The number of nitrogens with one attached hydrogen (secondary N) is 6. The highest BCUT2D eigenvalue weighted by Gasteiger charge is 2.45. The van der Waals surface area contributed by atoms with Crippen LogP contribution >= 0.6 is 0 Å². The number of hydrogen-bond acceptors (Lipinski definition) is 13. The molecule has 0 spiro atoms. The SMILES string of the molecule is NCCCC[C@@H]1NC(=O)[C@@H](Cc2cn(N=O)c3ccccc23)NC(=O)[C@H](c2ccccc2)NC(=O)[C@@H]2C[C@@H](OC(=O)NCCN)CN2C(=O)[C@H](Cc2ccccc2)NC(=O)[C@H](Cc2ccc(OCc3ccccc3)cc2)NC1=O. The molecule has 79 heavy (non-hydrogen) atoms. The zero-order chi connectivity index (χ0) is 55.7. The second-order valence-electron chi connectivity index (χ2n) is 19.5. The molecule has 10 N–H and O–H groups in total. The molecule has 5 aromatic carbocycles. The smallest absolute Gasteiger partial charge is 0.407 e. The number of benzene rings is 5. The summed E-state index contributed by atoms with van der Waals surface area (Å²) >= 11 is 0. The van der Waals surface area contributed by atoms with E-state index in [1.807, 2.05) is 30.3 Å². The maximum Gasteiger partial charge on any atom is 0.407 e. The quantitative estimate of drug-likeness (QED) is 0.0454. The van der Waals surface area contributed by atoms with Crippen molar-refractivity contribution in [2.45, 2.75) is 93.9 Å². The van der Waals surface area contributed by atoms with Crippen LogP contribution in [0.2, 0.25) is 0 Å². The number of hydrogen-bond donors (Lipinski definition) is 8. The van der Waals surface area contributed by atoms with Crippen molar-refractivity contribution < 1.29 is 43.0 Å². The van der Waals surface area contributed by atoms with Gasteiger partial charge in [-0.3, -0.25) is 28.8 Å². The van der Waals surface area contributed by atoms with Crippen molar-refractivity contribution in [3.05, 3.63) is 178 Å².